The maximum Gasteiger partial charge on any atom is 0.204 e. The molecule has 3 unspecified atom stereocenters. The number of aromatic nitrogens is 2. The first-order valence-corrected chi connectivity index (χ1v) is 7.53. The van der Waals surface area contributed by atoms with Crippen molar-refractivity contribution in [2.45, 2.75) is 32.2 Å². The highest BCUT2D eigenvalue weighted by molar-refractivity contribution is 5.30. The van der Waals surface area contributed by atoms with Crippen molar-refractivity contribution in [2.24, 2.45) is 24.8 Å². The summed E-state index contributed by atoms with van der Waals surface area (Å²) in [5.41, 5.74) is 1.27. The second-order valence-electron chi connectivity index (χ2n) is 6.57. The van der Waals surface area contributed by atoms with E-state index in [0.717, 1.165) is 30.2 Å². The Morgan fingerprint density at radius 2 is 2.21 bits per heavy atom. The topological polar surface area (TPSA) is 33.1 Å². The first kappa shape index (κ1) is 13.0. The average molecular weight is 262 g/mol. The summed E-state index contributed by atoms with van der Waals surface area (Å²) in [7, 11) is 6.17. The van der Waals surface area contributed by atoms with Gasteiger partial charge in [0.05, 0.1) is 11.9 Å². The largest absolute Gasteiger partial charge is 0.348 e. The molecule has 0 aliphatic heterocycles. The molecule has 19 heavy (non-hydrogen) atoms. The molecule has 1 heterocycles. The SMILES string of the molecule is CN(C)c1ncc(CNCC2CC3CCC2C3)n1C. The summed E-state index contributed by atoms with van der Waals surface area (Å²) >= 11 is 0. The van der Waals surface area contributed by atoms with Crippen molar-refractivity contribution in [3.63, 3.8) is 0 Å². The number of imidazole rings is 1. The van der Waals surface area contributed by atoms with Crippen molar-refractivity contribution in [3.05, 3.63) is 11.9 Å². The number of hydrogen-bond donors (Lipinski definition) is 1. The first-order valence-electron chi connectivity index (χ1n) is 7.53. The van der Waals surface area contributed by atoms with Crippen LogP contribution in [0, 0.1) is 17.8 Å². The Morgan fingerprint density at radius 1 is 1.37 bits per heavy atom. The van der Waals surface area contributed by atoms with E-state index in [9.17, 15) is 0 Å². The van der Waals surface area contributed by atoms with Crippen LogP contribution in [0.1, 0.15) is 31.4 Å². The van der Waals surface area contributed by atoms with Crippen molar-refractivity contribution in [1.29, 1.82) is 0 Å². The van der Waals surface area contributed by atoms with Gasteiger partial charge in [0.1, 0.15) is 0 Å². The molecule has 0 aromatic carbocycles. The summed E-state index contributed by atoms with van der Waals surface area (Å²) in [6.07, 6.45) is 7.93. The van der Waals surface area contributed by atoms with E-state index >= 15 is 0 Å². The second-order valence-corrected chi connectivity index (χ2v) is 6.57. The normalized spacial score (nSPS) is 29.1. The van der Waals surface area contributed by atoms with Crippen LogP contribution >= 0.6 is 0 Å². The van der Waals surface area contributed by atoms with E-state index in [0.29, 0.717) is 0 Å². The van der Waals surface area contributed by atoms with Crippen molar-refractivity contribution >= 4 is 5.95 Å². The molecule has 106 valence electrons. The first-order chi connectivity index (χ1) is 9.15. The Hall–Kier alpha value is -1.03. The average Bonchev–Trinajstić information content (AvgIpc) is 3.05. The number of fused-ring (bicyclic) bond motifs is 2. The fourth-order valence-corrected chi connectivity index (χ4v) is 4.03. The molecule has 2 aliphatic rings. The van der Waals surface area contributed by atoms with Gasteiger partial charge in [-0.2, -0.15) is 0 Å². The van der Waals surface area contributed by atoms with E-state index < -0.39 is 0 Å². The van der Waals surface area contributed by atoms with Gasteiger partial charge in [0, 0.05) is 27.7 Å². The molecule has 0 spiro atoms. The van der Waals surface area contributed by atoms with Gasteiger partial charge >= 0.3 is 0 Å². The molecule has 3 atom stereocenters. The molecule has 4 heteroatoms. The molecular weight excluding hydrogens is 236 g/mol. The molecule has 0 amide bonds. The smallest absolute Gasteiger partial charge is 0.204 e. The van der Waals surface area contributed by atoms with Crippen LogP contribution < -0.4 is 10.2 Å². The molecule has 1 aromatic heterocycles. The predicted molar refractivity (Wildman–Crippen MR) is 78.2 cm³/mol. The van der Waals surface area contributed by atoms with E-state index in [4.69, 9.17) is 0 Å². The molecular formula is C15H26N4. The third-order valence-corrected chi connectivity index (χ3v) is 5.06. The lowest BCUT2D eigenvalue weighted by molar-refractivity contribution is 0.317. The maximum absolute atomic E-state index is 4.45. The fraction of sp³-hybridized carbons (Fsp3) is 0.800. The summed E-state index contributed by atoms with van der Waals surface area (Å²) in [5.74, 6) is 4.02. The Bertz CT molecular complexity index is 437. The number of anilines is 1. The quantitative estimate of drug-likeness (QED) is 0.881. The third-order valence-electron chi connectivity index (χ3n) is 5.06. The molecule has 2 aliphatic carbocycles. The van der Waals surface area contributed by atoms with E-state index in [1.54, 1.807) is 0 Å². The summed E-state index contributed by atoms with van der Waals surface area (Å²) in [6, 6.07) is 0. The van der Waals surface area contributed by atoms with Gasteiger partial charge in [-0.25, -0.2) is 4.98 Å². The maximum atomic E-state index is 4.45. The van der Waals surface area contributed by atoms with E-state index in [2.05, 4.69) is 26.8 Å². The van der Waals surface area contributed by atoms with Crippen LogP contribution in [0.15, 0.2) is 6.20 Å². The third kappa shape index (κ3) is 2.50. The molecule has 2 bridgehead atoms. The fourth-order valence-electron chi connectivity index (χ4n) is 4.03. The minimum absolute atomic E-state index is 0.931. The Labute approximate surface area is 116 Å². The van der Waals surface area contributed by atoms with Crippen LogP contribution in [0.3, 0.4) is 0 Å². The molecule has 1 N–H and O–H groups in total. The van der Waals surface area contributed by atoms with E-state index in [1.165, 1.54) is 37.9 Å². The van der Waals surface area contributed by atoms with Gasteiger partial charge in [-0.3, -0.25) is 0 Å². The lowest BCUT2D eigenvalue weighted by Crippen LogP contribution is -2.27. The van der Waals surface area contributed by atoms with Crippen LogP contribution in [-0.4, -0.2) is 30.2 Å². The number of nitrogens with zero attached hydrogens (tertiary/aromatic N) is 3. The van der Waals surface area contributed by atoms with Crippen LogP contribution in [0.2, 0.25) is 0 Å². The lowest BCUT2D eigenvalue weighted by atomic mass is 9.89. The minimum atomic E-state index is 0.931. The number of nitrogens with one attached hydrogen (secondary N) is 1. The minimum Gasteiger partial charge on any atom is -0.348 e. The Kier molecular flexibility index (Phi) is 3.52. The molecule has 4 nitrogen and oxygen atoms in total. The van der Waals surface area contributed by atoms with E-state index in [1.807, 2.05) is 20.3 Å². The zero-order valence-corrected chi connectivity index (χ0v) is 12.4. The molecule has 3 rings (SSSR count). The van der Waals surface area contributed by atoms with Crippen molar-refractivity contribution in [2.75, 3.05) is 25.5 Å². The molecule has 2 fully saturated rings. The molecule has 0 saturated heterocycles. The zero-order valence-electron chi connectivity index (χ0n) is 12.4. The van der Waals surface area contributed by atoms with E-state index in [-0.39, 0.29) is 0 Å². The van der Waals surface area contributed by atoms with Gasteiger partial charge in [-0.05, 0) is 43.6 Å². The number of hydrogen-bond acceptors (Lipinski definition) is 3. The van der Waals surface area contributed by atoms with Gasteiger partial charge in [0.25, 0.3) is 0 Å². The van der Waals surface area contributed by atoms with Crippen LogP contribution in [-0.2, 0) is 13.6 Å². The standard InChI is InChI=1S/C15H26N4/c1-18(2)15-17-10-14(19(15)3)9-16-8-13-7-11-4-5-12(13)6-11/h10-13,16H,4-9H2,1-3H3. The van der Waals surface area contributed by atoms with Crippen molar-refractivity contribution in [3.8, 4) is 0 Å². The highest BCUT2D eigenvalue weighted by Gasteiger charge is 2.38. The van der Waals surface area contributed by atoms with Gasteiger partial charge in [0.2, 0.25) is 5.95 Å². The summed E-state index contributed by atoms with van der Waals surface area (Å²) in [4.78, 5) is 6.51. The van der Waals surface area contributed by atoms with Crippen molar-refractivity contribution in [1.82, 2.24) is 14.9 Å². The number of rotatable bonds is 5. The van der Waals surface area contributed by atoms with Gasteiger partial charge in [-0.15, -0.1) is 0 Å². The molecule has 0 radical (unpaired) electrons. The Morgan fingerprint density at radius 3 is 2.79 bits per heavy atom. The van der Waals surface area contributed by atoms with Crippen LogP contribution in [0.5, 0.6) is 0 Å². The zero-order chi connectivity index (χ0) is 13.4. The van der Waals surface area contributed by atoms with Crippen LogP contribution in [0.25, 0.3) is 0 Å². The van der Waals surface area contributed by atoms with Gasteiger partial charge < -0.3 is 14.8 Å². The summed E-state index contributed by atoms with van der Waals surface area (Å²) < 4.78 is 2.17. The monoisotopic (exact) mass is 262 g/mol. The predicted octanol–water partition coefficient (Wildman–Crippen LogP) is 2.01. The van der Waals surface area contributed by atoms with Gasteiger partial charge in [0.15, 0.2) is 0 Å². The Balaban J connectivity index is 1.50. The van der Waals surface area contributed by atoms with Crippen LogP contribution in [0.4, 0.5) is 5.95 Å². The summed E-state index contributed by atoms with van der Waals surface area (Å²) in [6.45, 7) is 2.12. The highest BCUT2D eigenvalue weighted by atomic mass is 15.3. The lowest BCUT2D eigenvalue weighted by Gasteiger charge is -2.22. The highest BCUT2D eigenvalue weighted by Crippen LogP contribution is 2.47. The van der Waals surface area contributed by atoms with Crippen molar-refractivity contribution < 1.29 is 0 Å². The second kappa shape index (κ2) is 5.16. The van der Waals surface area contributed by atoms with Gasteiger partial charge in [-0.1, -0.05) is 6.42 Å². The summed E-state index contributed by atoms with van der Waals surface area (Å²) in [5, 5.41) is 3.64. The molecule has 2 saturated carbocycles. The molecule has 1 aromatic rings.